The van der Waals surface area contributed by atoms with E-state index in [-0.39, 0.29) is 18.0 Å². The van der Waals surface area contributed by atoms with Crippen LogP contribution >= 0.6 is 11.8 Å². The zero-order valence-corrected chi connectivity index (χ0v) is 12.7. The predicted molar refractivity (Wildman–Crippen MR) is 76.9 cm³/mol. The highest BCUT2D eigenvalue weighted by Crippen LogP contribution is 2.15. The van der Waals surface area contributed by atoms with Crippen LogP contribution in [0.4, 0.5) is 0 Å². The van der Waals surface area contributed by atoms with Crippen LogP contribution < -0.4 is 0 Å². The first-order valence-corrected chi connectivity index (χ1v) is 7.89. The van der Waals surface area contributed by atoms with E-state index in [4.69, 9.17) is 0 Å². The number of rotatable bonds is 5. The van der Waals surface area contributed by atoms with Gasteiger partial charge in [0.2, 0.25) is 5.91 Å². The minimum absolute atomic E-state index is 0.0768. The number of aliphatic hydroxyl groups is 1. The lowest BCUT2D eigenvalue weighted by Crippen LogP contribution is -2.52. The van der Waals surface area contributed by atoms with Gasteiger partial charge in [-0.3, -0.25) is 9.69 Å². The molecule has 0 unspecified atom stereocenters. The highest BCUT2D eigenvalue weighted by molar-refractivity contribution is 7.99. The number of hydrogen-bond acceptors (Lipinski definition) is 4. The quantitative estimate of drug-likeness (QED) is 0.813. The van der Waals surface area contributed by atoms with Crippen molar-refractivity contribution >= 4 is 17.7 Å². The molecule has 1 rings (SSSR count). The first-order chi connectivity index (χ1) is 8.43. The van der Waals surface area contributed by atoms with E-state index in [1.807, 2.05) is 32.5 Å². The van der Waals surface area contributed by atoms with Crippen LogP contribution in [0.3, 0.4) is 0 Å². The van der Waals surface area contributed by atoms with E-state index in [2.05, 4.69) is 4.90 Å². The number of aliphatic hydroxyl groups excluding tert-OH is 1. The van der Waals surface area contributed by atoms with Gasteiger partial charge in [0.1, 0.15) is 0 Å². The standard InChI is InChI=1S/C13H26N2O2S/c1-10(2)15(9-11(3)16)13(17)12(4)14-5-7-18-8-6-14/h10-12,16H,5-9H2,1-4H3/t11-,12+/m1/s1. The van der Waals surface area contributed by atoms with Gasteiger partial charge in [0.25, 0.3) is 0 Å². The number of amides is 1. The SMILES string of the molecule is CC(C)N(C[C@@H](C)O)C(=O)[C@H](C)N1CCSCC1. The molecule has 1 aliphatic rings. The van der Waals surface area contributed by atoms with Crippen molar-refractivity contribution in [2.24, 2.45) is 0 Å². The van der Waals surface area contributed by atoms with Gasteiger partial charge in [-0.05, 0) is 27.7 Å². The largest absolute Gasteiger partial charge is 0.392 e. The van der Waals surface area contributed by atoms with Crippen LogP contribution in [0.1, 0.15) is 27.7 Å². The molecule has 0 aromatic rings. The fourth-order valence-corrected chi connectivity index (χ4v) is 3.13. The number of carbonyl (C=O) groups is 1. The Morgan fingerprint density at radius 1 is 1.28 bits per heavy atom. The van der Waals surface area contributed by atoms with Crippen molar-refractivity contribution in [2.45, 2.75) is 45.9 Å². The van der Waals surface area contributed by atoms with Gasteiger partial charge in [-0.15, -0.1) is 0 Å². The van der Waals surface area contributed by atoms with Gasteiger partial charge >= 0.3 is 0 Å². The van der Waals surface area contributed by atoms with Crippen molar-refractivity contribution < 1.29 is 9.90 Å². The van der Waals surface area contributed by atoms with Crippen LogP contribution in [0.15, 0.2) is 0 Å². The highest BCUT2D eigenvalue weighted by Gasteiger charge is 2.28. The summed E-state index contributed by atoms with van der Waals surface area (Å²) in [4.78, 5) is 16.5. The first kappa shape index (κ1) is 15.8. The van der Waals surface area contributed by atoms with Gasteiger partial charge in [0.05, 0.1) is 12.1 Å². The Morgan fingerprint density at radius 2 is 1.83 bits per heavy atom. The molecule has 2 atom stereocenters. The topological polar surface area (TPSA) is 43.8 Å². The molecule has 0 aromatic heterocycles. The van der Waals surface area contributed by atoms with Crippen LogP contribution in [-0.2, 0) is 4.79 Å². The number of hydrogen-bond donors (Lipinski definition) is 1. The lowest BCUT2D eigenvalue weighted by Gasteiger charge is -2.36. The smallest absolute Gasteiger partial charge is 0.239 e. The summed E-state index contributed by atoms with van der Waals surface area (Å²) in [5.74, 6) is 2.35. The van der Waals surface area contributed by atoms with E-state index >= 15 is 0 Å². The van der Waals surface area contributed by atoms with Crippen LogP contribution in [0.2, 0.25) is 0 Å². The highest BCUT2D eigenvalue weighted by atomic mass is 32.2. The normalized spacial score (nSPS) is 20.8. The van der Waals surface area contributed by atoms with Gasteiger partial charge in [-0.1, -0.05) is 0 Å². The van der Waals surface area contributed by atoms with E-state index in [0.717, 1.165) is 24.6 Å². The Balaban J connectivity index is 2.63. The molecule has 0 aromatic carbocycles. The third-order valence-corrected chi connectivity index (χ3v) is 4.26. The molecule has 4 nitrogen and oxygen atoms in total. The van der Waals surface area contributed by atoms with Crippen LogP contribution in [0, 0.1) is 0 Å². The number of nitrogens with zero attached hydrogens (tertiary/aromatic N) is 2. The minimum atomic E-state index is -0.472. The Bertz CT molecular complexity index is 266. The first-order valence-electron chi connectivity index (χ1n) is 6.73. The molecule has 0 saturated carbocycles. The van der Waals surface area contributed by atoms with Gasteiger partial charge in [-0.25, -0.2) is 0 Å². The summed E-state index contributed by atoms with van der Waals surface area (Å²) in [6.07, 6.45) is -0.472. The summed E-state index contributed by atoms with van der Waals surface area (Å²) in [6.45, 7) is 10.1. The van der Waals surface area contributed by atoms with E-state index in [1.165, 1.54) is 0 Å². The molecular weight excluding hydrogens is 248 g/mol. The van der Waals surface area contributed by atoms with E-state index < -0.39 is 6.10 Å². The molecule has 1 N–H and O–H groups in total. The lowest BCUT2D eigenvalue weighted by molar-refractivity contribution is -0.139. The minimum Gasteiger partial charge on any atom is -0.392 e. The molecule has 1 saturated heterocycles. The molecule has 18 heavy (non-hydrogen) atoms. The Kier molecular flexibility index (Phi) is 6.46. The van der Waals surface area contributed by atoms with E-state index in [9.17, 15) is 9.90 Å². The second-order valence-corrected chi connectivity index (χ2v) is 6.48. The van der Waals surface area contributed by atoms with Crippen molar-refractivity contribution in [3.63, 3.8) is 0 Å². The van der Waals surface area contributed by atoms with Gasteiger partial charge < -0.3 is 10.0 Å². The van der Waals surface area contributed by atoms with Crippen molar-refractivity contribution in [1.29, 1.82) is 0 Å². The van der Waals surface area contributed by atoms with Crippen LogP contribution in [-0.4, -0.2) is 70.1 Å². The summed E-state index contributed by atoms with van der Waals surface area (Å²) < 4.78 is 0. The maximum atomic E-state index is 12.5. The lowest BCUT2D eigenvalue weighted by atomic mass is 10.2. The van der Waals surface area contributed by atoms with E-state index in [0.29, 0.717) is 6.54 Å². The molecule has 1 aliphatic heterocycles. The molecule has 0 spiro atoms. The molecule has 1 heterocycles. The molecule has 106 valence electrons. The molecule has 1 fully saturated rings. The zero-order valence-electron chi connectivity index (χ0n) is 11.9. The molecule has 5 heteroatoms. The Labute approximate surface area is 115 Å². The van der Waals surface area contributed by atoms with Crippen LogP contribution in [0.25, 0.3) is 0 Å². The predicted octanol–water partition coefficient (Wildman–Crippen LogP) is 1.04. The van der Waals surface area contributed by atoms with Crippen molar-refractivity contribution in [3.05, 3.63) is 0 Å². The zero-order chi connectivity index (χ0) is 13.7. The second kappa shape index (κ2) is 7.36. The van der Waals surface area contributed by atoms with Gasteiger partial charge in [0, 0.05) is 37.2 Å². The average Bonchev–Trinajstić information content (AvgIpc) is 2.34. The van der Waals surface area contributed by atoms with E-state index in [1.54, 1.807) is 11.8 Å². The Morgan fingerprint density at radius 3 is 2.28 bits per heavy atom. The van der Waals surface area contributed by atoms with Gasteiger partial charge in [-0.2, -0.15) is 11.8 Å². The van der Waals surface area contributed by atoms with Gasteiger partial charge in [0.15, 0.2) is 0 Å². The van der Waals surface area contributed by atoms with Crippen molar-refractivity contribution in [1.82, 2.24) is 9.80 Å². The summed E-state index contributed by atoms with van der Waals surface area (Å²) in [7, 11) is 0. The fraction of sp³-hybridized carbons (Fsp3) is 0.923. The Hall–Kier alpha value is -0.260. The maximum absolute atomic E-state index is 12.5. The van der Waals surface area contributed by atoms with Crippen molar-refractivity contribution in [3.8, 4) is 0 Å². The molecule has 0 bridgehead atoms. The third kappa shape index (κ3) is 4.44. The number of thioether (sulfide) groups is 1. The molecule has 1 amide bonds. The molecule has 0 radical (unpaired) electrons. The third-order valence-electron chi connectivity index (χ3n) is 3.32. The summed E-state index contributed by atoms with van der Waals surface area (Å²) >= 11 is 1.95. The molecular formula is C13H26N2O2S. The summed E-state index contributed by atoms with van der Waals surface area (Å²) in [6, 6.07) is 0.0563. The average molecular weight is 274 g/mol. The summed E-state index contributed by atoms with van der Waals surface area (Å²) in [5.41, 5.74) is 0. The second-order valence-electron chi connectivity index (χ2n) is 5.26. The van der Waals surface area contributed by atoms with Crippen LogP contribution in [0.5, 0.6) is 0 Å². The number of carbonyl (C=O) groups excluding carboxylic acids is 1. The summed E-state index contributed by atoms with van der Waals surface area (Å²) in [5, 5.41) is 9.50. The monoisotopic (exact) mass is 274 g/mol. The van der Waals surface area contributed by atoms with Crippen molar-refractivity contribution in [2.75, 3.05) is 31.1 Å². The fourth-order valence-electron chi connectivity index (χ4n) is 2.20. The maximum Gasteiger partial charge on any atom is 0.239 e. The molecule has 0 aliphatic carbocycles.